The van der Waals surface area contributed by atoms with E-state index < -0.39 is 0 Å². The summed E-state index contributed by atoms with van der Waals surface area (Å²) in [4.78, 5) is 18.8. The highest BCUT2D eigenvalue weighted by molar-refractivity contribution is 5.78. The highest BCUT2D eigenvalue weighted by atomic mass is 16.2. The number of carbonyl (C=O) groups excluding carboxylic acids is 1. The first-order valence-electron chi connectivity index (χ1n) is 9.59. The van der Waals surface area contributed by atoms with Gasteiger partial charge < -0.3 is 5.32 Å². The predicted molar refractivity (Wildman–Crippen MR) is 97.0 cm³/mol. The molecule has 1 N–H and O–H groups in total. The molecule has 1 aromatic heterocycles. The second-order valence-corrected chi connectivity index (χ2v) is 7.44. The molecule has 2 aliphatic rings. The van der Waals surface area contributed by atoms with Crippen molar-refractivity contribution >= 4 is 5.91 Å². The molecule has 2 fully saturated rings. The summed E-state index contributed by atoms with van der Waals surface area (Å²) in [6, 6.07) is 5.91. The maximum atomic E-state index is 12.2. The van der Waals surface area contributed by atoms with Crippen LogP contribution in [0, 0.1) is 17.2 Å². The molecule has 1 saturated carbocycles. The van der Waals surface area contributed by atoms with Gasteiger partial charge in [-0.2, -0.15) is 5.26 Å². The van der Waals surface area contributed by atoms with Crippen molar-refractivity contribution in [2.24, 2.45) is 5.92 Å². The zero-order chi connectivity index (χ0) is 17.5. The molecular formula is C20H28N4O. The first kappa shape index (κ1) is 17.9. The topological polar surface area (TPSA) is 69.0 Å². The number of pyridine rings is 1. The van der Waals surface area contributed by atoms with Crippen LogP contribution in [-0.4, -0.2) is 42.0 Å². The third-order valence-electron chi connectivity index (χ3n) is 5.60. The fraction of sp³-hybridized carbons (Fsp3) is 0.650. The minimum atomic E-state index is 0.167. The largest absolute Gasteiger partial charge is 0.355 e. The van der Waals surface area contributed by atoms with E-state index in [1.807, 2.05) is 12.1 Å². The van der Waals surface area contributed by atoms with Crippen molar-refractivity contribution in [3.05, 3.63) is 29.6 Å². The van der Waals surface area contributed by atoms with Crippen LogP contribution in [0.25, 0.3) is 0 Å². The monoisotopic (exact) mass is 340 g/mol. The number of rotatable bonds is 5. The molecule has 0 bridgehead atoms. The molecule has 0 radical (unpaired) electrons. The molecule has 1 aromatic rings. The van der Waals surface area contributed by atoms with Crippen LogP contribution in [0.4, 0.5) is 0 Å². The Kier molecular flexibility index (Phi) is 6.41. The van der Waals surface area contributed by atoms with E-state index in [2.05, 4.69) is 21.3 Å². The van der Waals surface area contributed by atoms with Crippen LogP contribution in [0.2, 0.25) is 0 Å². The van der Waals surface area contributed by atoms with E-state index in [1.54, 1.807) is 6.20 Å². The van der Waals surface area contributed by atoms with E-state index in [9.17, 15) is 4.79 Å². The quantitative estimate of drug-likeness (QED) is 0.895. The van der Waals surface area contributed by atoms with E-state index in [-0.39, 0.29) is 5.91 Å². The molecule has 0 unspecified atom stereocenters. The number of nitrogens with one attached hydrogen (secondary N) is 1. The van der Waals surface area contributed by atoms with E-state index in [1.165, 1.54) is 32.1 Å². The lowest BCUT2D eigenvalue weighted by molar-refractivity contribution is -0.122. The highest BCUT2D eigenvalue weighted by Crippen LogP contribution is 2.26. The number of carbonyl (C=O) groups is 1. The molecule has 0 spiro atoms. The maximum absolute atomic E-state index is 12.2. The van der Waals surface area contributed by atoms with E-state index in [0.717, 1.165) is 38.2 Å². The Morgan fingerprint density at radius 2 is 1.96 bits per heavy atom. The normalized spacial score (nSPS) is 20.1. The molecule has 0 atom stereocenters. The van der Waals surface area contributed by atoms with Gasteiger partial charge in [0.15, 0.2) is 0 Å². The molecule has 1 saturated heterocycles. The molecule has 25 heavy (non-hydrogen) atoms. The molecule has 2 heterocycles. The first-order valence-corrected chi connectivity index (χ1v) is 9.59. The zero-order valence-corrected chi connectivity index (χ0v) is 14.9. The SMILES string of the molecule is N#Cc1ccc(C2CCN(CC(=O)NCC3CCCCC3)CC2)nc1. The molecular weight excluding hydrogens is 312 g/mol. The predicted octanol–water partition coefficient (Wildman–Crippen LogP) is 2.83. The van der Waals surface area contributed by atoms with Crippen LogP contribution >= 0.6 is 0 Å². The summed E-state index contributed by atoms with van der Waals surface area (Å²) in [6.07, 6.45) is 10.2. The van der Waals surface area contributed by atoms with Crippen molar-refractivity contribution in [3.8, 4) is 6.07 Å². The Balaban J connectivity index is 1.38. The number of likely N-dealkylation sites (tertiary alicyclic amines) is 1. The van der Waals surface area contributed by atoms with Crippen molar-refractivity contribution < 1.29 is 4.79 Å². The maximum Gasteiger partial charge on any atom is 0.234 e. The van der Waals surface area contributed by atoms with Crippen LogP contribution in [0.3, 0.4) is 0 Å². The van der Waals surface area contributed by atoms with Gasteiger partial charge in [0.1, 0.15) is 6.07 Å². The summed E-state index contributed by atoms with van der Waals surface area (Å²) >= 11 is 0. The zero-order valence-electron chi connectivity index (χ0n) is 14.9. The van der Waals surface area contributed by atoms with Crippen molar-refractivity contribution in [1.29, 1.82) is 5.26 Å². The van der Waals surface area contributed by atoms with Gasteiger partial charge in [-0.05, 0) is 56.8 Å². The van der Waals surface area contributed by atoms with Crippen LogP contribution < -0.4 is 5.32 Å². The van der Waals surface area contributed by atoms with Crippen molar-refractivity contribution in [2.75, 3.05) is 26.2 Å². The minimum absolute atomic E-state index is 0.167. The molecule has 5 nitrogen and oxygen atoms in total. The summed E-state index contributed by atoms with van der Waals surface area (Å²) in [5.41, 5.74) is 1.68. The molecule has 134 valence electrons. The van der Waals surface area contributed by atoms with Gasteiger partial charge in [0.25, 0.3) is 0 Å². The average molecular weight is 340 g/mol. The average Bonchev–Trinajstić information content (AvgIpc) is 2.68. The number of hydrogen-bond acceptors (Lipinski definition) is 4. The summed E-state index contributed by atoms with van der Waals surface area (Å²) in [6.45, 7) is 3.23. The van der Waals surface area contributed by atoms with Crippen molar-refractivity contribution in [1.82, 2.24) is 15.2 Å². The lowest BCUT2D eigenvalue weighted by Gasteiger charge is -2.31. The lowest BCUT2D eigenvalue weighted by atomic mass is 9.89. The number of nitriles is 1. The molecule has 5 heteroatoms. The first-order chi connectivity index (χ1) is 12.2. The van der Waals surface area contributed by atoms with Crippen LogP contribution in [0.15, 0.2) is 18.3 Å². The van der Waals surface area contributed by atoms with Crippen LogP contribution in [0.5, 0.6) is 0 Å². The van der Waals surface area contributed by atoms with Gasteiger partial charge in [-0.15, -0.1) is 0 Å². The summed E-state index contributed by atoms with van der Waals surface area (Å²) < 4.78 is 0. The van der Waals surface area contributed by atoms with Crippen molar-refractivity contribution in [3.63, 3.8) is 0 Å². The number of aromatic nitrogens is 1. The number of amides is 1. The minimum Gasteiger partial charge on any atom is -0.355 e. The number of piperidine rings is 1. The fourth-order valence-electron chi connectivity index (χ4n) is 4.01. The van der Waals surface area contributed by atoms with Gasteiger partial charge in [-0.3, -0.25) is 14.7 Å². The second-order valence-electron chi connectivity index (χ2n) is 7.44. The Morgan fingerprint density at radius 3 is 2.60 bits per heavy atom. The Labute approximate surface area is 150 Å². The third kappa shape index (κ3) is 5.27. The Morgan fingerprint density at radius 1 is 1.20 bits per heavy atom. The lowest BCUT2D eigenvalue weighted by Crippen LogP contribution is -2.42. The third-order valence-corrected chi connectivity index (χ3v) is 5.60. The summed E-state index contributed by atoms with van der Waals surface area (Å²) in [5.74, 6) is 1.29. The van der Waals surface area contributed by atoms with Crippen LogP contribution in [0.1, 0.15) is 62.1 Å². The standard InChI is InChI=1S/C20H28N4O/c21-12-17-6-7-19(22-14-17)18-8-10-24(11-9-18)15-20(25)23-13-16-4-2-1-3-5-16/h6-7,14,16,18H,1-5,8-11,13,15H2,(H,23,25). The molecule has 1 aliphatic carbocycles. The second kappa shape index (κ2) is 8.96. The summed E-state index contributed by atoms with van der Waals surface area (Å²) in [5, 5.41) is 12.0. The molecule has 3 rings (SSSR count). The van der Waals surface area contributed by atoms with Crippen LogP contribution in [-0.2, 0) is 4.79 Å². The molecule has 1 aliphatic heterocycles. The highest BCUT2D eigenvalue weighted by Gasteiger charge is 2.23. The van der Waals surface area contributed by atoms with Gasteiger partial charge in [0.05, 0.1) is 12.1 Å². The fourth-order valence-corrected chi connectivity index (χ4v) is 4.01. The van der Waals surface area contributed by atoms with Crippen molar-refractivity contribution in [2.45, 2.75) is 50.9 Å². The number of hydrogen-bond donors (Lipinski definition) is 1. The van der Waals surface area contributed by atoms with Gasteiger partial charge in [0.2, 0.25) is 5.91 Å². The smallest absolute Gasteiger partial charge is 0.234 e. The molecule has 0 aromatic carbocycles. The summed E-state index contributed by atoms with van der Waals surface area (Å²) in [7, 11) is 0. The van der Waals surface area contributed by atoms with E-state index >= 15 is 0 Å². The molecule has 1 amide bonds. The van der Waals surface area contributed by atoms with E-state index in [4.69, 9.17) is 5.26 Å². The van der Waals surface area contributed by atoms with Gasteiger partial charge >= 0.3 is 0 Å². The van der Waals surface area contributed by atoms with E-state index in [0.29, 0.717) is 23.9 Å². The number of nitrogens with zero attached hydrogens (tertiary/aromatic N) is 3. The Bertz CT molecular complexity index is 593. The Hall–Kier alpha value is -1.93. The van der Waals surface area contributed by atoms with Gasteiger partial charge in [-0.1, -0.05) is 19.3 Å². The van der Waals surface area contributed by atoms with Gasteiger partial charge in [0, 0.05) is 24.4 Å². The van der Waals surface area contributed by atoms with Gasteiger partial charge in [-0.25, -0.2) is 0 Å².